The lowest BCUT2D eigenvalue weighted by Gasteiger charge is -2.02. The van der Waals surface area contributed by atoms with E-state index in [4.69, 9.17) is 4.42 Å². The molecule has 0 saturated carbocycles. The van der Waals surface area contributed by atoms with Gasteiger partial charge in [-0.25, -0.2) is 0 Å². The van der Waals surface area contributed by atoms with E-state index in [1.54, 1.807) is 24.3 Å². The van der Waals surface area contributed by atoms with Crippen LogP contribution < -0.4 is 9.67 Å². The molecule has 0 aliphatic rings. The van der Waals surface area contributed by atoms with E-state index < -0.39 is 23.6 Å². The van der Waals surface area contributed by atoms with Gasteiger partial charge in [-0.15, -0.1) is 0 Å². The first-order chi connectivity index (χ1) is 9.21. The van der Waals surface area contributed by atoms with Gasteiger partial charge in [-0.05, 0) is 18.2 Å². The van der Waals surface area contributed by atoms with Crippen molar-refractivity contribution in [1.29, 1.82) is 0 Å². The molecule has 0 unspecified atom stereocenters. The molecule has 0 N–H and O–H groups in total. The Morgan fingerprint density at radius 1 is 1.40 bits per heavy atom. The van der Waals surface area contributed by atoms with Crippen LogP contribution in [-0.4, -0.2) is 12.0 Å². The van der Waals surface area contributed by atoms with Gasteiger partial charge in [0, 0.05) is 4.47 Å². The Morgan fingerprint density at radius 2 is 2.05 bits per heavy atom. The molecule has 1 aromatic carbocycles. The number of Topliss-reactive ketones (excluding diaryl/α,β-unsaturated/α-hetero) is 1. The van der Waals surface area contributed by atoms with Crippen molar-refractivity contribution < 1.29 is 32.1 Å². The van der Waals surface area contributed by atoms with Crippen molar-refractivity contribution in [3.05, 3.63) is 34.4 Å². The fourth-order valence-corrected chi connectivity index (χ4v) is 2.10. The molecule has 1 heterocycles. The van der Waals surface area contributed by atoms with Gasteiger partial charge in [0.15, 0.2) is 0 Å². The van der Waals surface area contributed by atoms with Crippen molar-refractivity contribution in [2.24, 2.45) is 7.05 Å². The monoisotopic (exact) mass is 349 g/mol. The zero-order valence-electron chi connectivity index (χ0n) is 9.99. The van der Waals surface area contributed by atoms with Crippen LogP contribution in [0.1, 0.15) is 10.5 Å². The summed E-state index contributed by atoms with van der Waals surface area (Å²) >= 11 is 3.19. The van der Waals surface area contributed by atoms with Crippen molar-refractivity contribution in [3.63, 3.8) is 0 Å². The third-order valence-electron chi connectivity index (χ3n) is 2.57. The third-order valence-corrected chi connectivity index (χ3v) is 3.06. The summed E-state index contributed by atoms with van der Waals surface area (Å²) in [7, 11) is 1.17. The van der Waals surface area contributed by atoms with Crippen molar-refractivity contribution in [1.82, 2.24) is 0 Å². The van der Waals surface area contributed by atoms with Crippen molar-refractivity contribution in [2.45, 2.75) is 6.18 Å². The van der Waals surface area contributed by atoms with E-state index in [9.17, 15) is 23.1 Å². The number of carbonyl (C=O) groups excluding carboxylic acids is 1. The largest absolute Gasteiger partial charge is 0.540 e. The fourth-order valence-electron chi connectivity index (χ4n) is 1.70. The lowest BCUT2D eigenvalue weighted by Crippen LogP contribution is -2.40. The molecule has 2 aromatic rings. The van der Waals surface area contributed by atoms with E-state index in [0.29, 0.717) is 10.0 Å². The lowest BCUT2D eigenvalue weighted by atomic mass is 10.2. The van der Waals surface area contributed by atoms with E-state index in [0.717, 1.165) is 4.57 Å². The first-order valence-corrected chi connectivity index (χ1v) is 6.08. The Balaban J connectivity index is 2.58. The molecule has 0 aliphatic carbocycles. The Labute approximate surface area is 119 Å². The number of hydrogen-bond donors (Lipinski definition) is 0. The summed E-state index contributed by atoms with van der Waals surface area (Å²) in [6.45, 7) is 0. The van der Waals surface area contributed by atoms with Crippen LogP contribution >= 0.6 is 15.9 Å². The highest BCUT2D eigenvalue weighted by molar-refractivity contribution is 9.10. The van der Waals surface area contributed by atoms with Crippen LogP contribution in [0.25, 0.3) is 11.5 Å². The van der Waals surface area contributed by atoms with Gasteiger partial charge in [-0.3, -0.25) is 4.79 Å². The second kappa shape index (κ2) is 4.93. The highest BCUT2D eigenvalue weighted by Crippen LogP contribution is 2.29. The highest BCUT2D eigenvalue weighted by Gasteiger charge is 2.46. The Kier molecular flexibility index (Phi) is 3.59. The Hall–Kier alpha value is -1.83. The number of rotatable bonds is 2. The molecule has 20 heavy (non-hydrogen) atoms. The summed E-state index contributed by atoms with van der Waals surface area (Å²) in [6.07, 6.45) is -5.13. The molecule has 0 fully saturated rings. The lowest BCUT2D eigenvalue weighted by molar-refractivity contribution is -0.665. The second-order valence-electron chi connectivity index (χ2n) is 3.94. The zero-order chi connectivity index (χ0) is 15.1. The van der Waals surface area contributed by atoms with Crippen LogP contribution in [0.2, 0.25) is 0 Å². The molecule has 2 rings (SSSR count). The standard InChI is InChI=1S/C12H7BrF3NO3/c1-17-8(9(18)12(14,15)16)11(19)20-10(17)6-3-2-4-7(13)5-6/h2-5H,1H3. The highest BCUT2D eigenvalue weighted by atomic mass is 79.9. The maximum absolute atomic E-state index is 12.4. The first kappa shape index (κ1) is 14.6. The van der Waals surface area contributed by atoms with Gasteiger partial charge in [-0.2, -0.15) is 17.7 Å². The van der Waals surface area contributed by atoms with Crippen molar-refractivity contribution >= 4 is 21.7 Å². The number of aromatic nitrogens is 1. The minimum Gasteiger partial charge on any atom is -0.540 e. The number of benzene rings is 1. The van der Waals surface area contributed by atoms with Gasteiger partial charge in [0.1, 0.15) is 13.0 Å². The molecule has 0 amide bonds. The summed E-state index contributed by atoms with van der Waals surface area (Å²) in [5.74, 6) is -3.66. The van der Waals surface area contributed by atoms with Gasteiger partial charge < -0.3 is 9.52 Å². The average Bonchev–Trinajstić information content (AvgIpc) is 2.63. The molecule has 1 aromatic heterocycles. The molecule has 8 heteroatoms. The minimum atomic E-state index is -5.13. The molecule has 0 spiro atoms. The van der Waals surface area contributed by atoms with Crippen LogP contribution in [0.4, 0.5) is 13.2 Å². The smallest absolute Gasteiger partial charge is 0.461 e. The summed E-state index contributed by atoms with van der Waals surface area (Å²) < 4.78 is 43.5. The average molecular weight is 350 g/mol. The Morgan fingerprint density at radius 3 is 2.60 bits per heavy atom. The van der Waals surface area contributed by atoms with E-state index in [1.807, 2.05) is 0 Å². The number of halogens is 4. The normalized spacial score (nSPS) is 11.7. The van der Waals surface area contributed by atoms with E-state index in [2.05, 4.69) is 15.9 Å². The fraction of sp³-hybridized carbons (Fsp3) is 0.167. The molecule has 0 saturated heterocycles. The van der Waals surface area contributed by atoms with Crippen molar-refractivity contribution in [3.8, 4) is 17.4 Å². The molecular weight excluding hydrogens is 343 g/mol. The van der Waals surface area contributed by atoms with Gasteiger partial charge in [0.25, 0.3) is 11.6 Å². The number of carbonyl (C=O) groups is 1. The molecular formula is C12H7BrF3NO3. The van der Waals surface area contributed by atoms with E-state index in [-0.39, 0.29) is 5.89 Å². The molecule has 0 aliphatic heterocycles. The number of nitrogens with zero attached hydrogens (tertiary/aromatic N) is 1. The van der Waals surface area contributed by atoms with Crippen LogP contribution in [0.5, 0.6) is 5.95 Å². The first-order valence-electron chi connectivity index (χ1n) is 5.29. The number of oxazole rings is 1. The minimum absolute atomic E-state index is 0.121. The molecule has 0 radical (unpaired) electrons. The summed E-state index contributed by atoms with van der Waals surface area (Å²) in [5.41, 5.74) is -0.673. The van der Waals surface area contributed by atoms with Gasteiger partial charge in [0.05, 0.1) is 5.56 Å². The van der Waals surface area contributed by atoms with Gasteiger partial charge >= 0.3 is 12.0 Å². The maximum Gasteiger partial charge on any atom is 0.461 e. The van der Waals surface area contributed by atoms with Crippen LogP contribution in [0.3, 0.4) is 0 Å². The number of ketones is 1. The SMILES string of the molecule is C[n+]1c(-c2cccc(Br)c2)oc([O-])c1C(=O)C(F)(F)F. The quantitative estimate of drug-likeness (QED) is 0.617. The predicted molar refractivity (Wildman–Crippen MR) is 62.9 cm³/mol. The van der Waals surface area contributed by atoms with Crippen molar-refractivity contribution in [2.75, 3.05) is 0 Å². The number of alkyl halides is 3. The predicted octanol–water partition coefficient (Wildman–Crippen LogP) is 2.35. The third kappa shape index (κ3) is 2.55. The Bertz CT molecular complexity index is 679. The van der Waals surface area contributed by atoms with Crippen LogP contribution in [-0.2, 0) is 7.05 Å². The van der Waals surface area contributed by atoms with E-state index >= 15 is 0 Å². The molecule has 0 atom stereocenters. The molecule has 106 valence electrons. The van der Waals surface area contributed by atoms with Crippen LogP contribution in [0.15, 0.2) is 33.2 Å². The van der Waals surface area contributed by atoms with Gasteiger partial charge in [0.2, 0.25) is 0 Å². The summed E-state index contributed by atoms with van der Waals surface area (Å²) in [4.78, 5) is 11.2. The van der Waals surface area contributed by atoms with Crippen LogP contribution in [0, 0.1) is 0 Å². The molecule has 4 nitrogen and oxygen atoms in total. The number of hydrogen-bond acceptors (Lipinski definition) is 3. The zero-order valence-corrected chi connectivity index (χ0v) is 11.6. The maximum atomic E-state index is 12.4. The molecule has 0 bridgehead atoms. The van der Waals surface area contributed by atoms with E-state index in [1.165, 1.54) is 7.05 Å². The summed E-state index contributed by atoms with van der Waals surface area (Å²) in [6, 6.07) is 6.43. The second-order valence-corrected chi connectivity index (χ2v) is 4.86. The summed E-state index contributed by atoms with van der Waals surface area (Å²) in [5, 5.41) is 11.5. The van der Waals surface area contributed by atoms with Gasteiger partial charge in [-0.1, -0.05) is 22.0 Å². The topological polar surface area (TPSA) is 57.1 Å².